The summed E-state index contributed by atoms with van der Waals surface area (Å²) in [7, 11) is -4.26. The van der Waals surface area contributed by atoms with Crippen LogP contribution in [-0.2, 0) is 85.2 Å². The molecule has 0 fully saturated rings. The third-order valence-electron chi connectivity index (χ3n) is 11.2. The van der Waals surface area contributed by atoms with Crippen LogP contribution < -0.4 is 24.6 Å². The van der Waals surface area contributed by atoms with Gasteiger partial charge >= 0.3 is 7.82 Å². The monoisotopic (exact) mass is 1040 g/mol. The molecule has 8 rings (SSSR count). The van der Waals surface area contributed by atoms with Gasteiger partial charge in [-0.25, -0.2) is 4.57 Å². The van der Waals surface area contributed by atoms with E-state index in [-0.39, 0.29) is 55.4 Å². The molecule has 8 aromatic rings. The fraction of sp³-hybridized carbons (Fsp3) is 0.164. The number of ether oxygens (including phenoxy) is 4. The van der Waals surface area contributed by atoms with Gasteiger partial charge in [0.1, 0.15) is 38.2 Å². The lowest BCUT2D eigenvalue weighted by atomic mass is 10.0. The van der Waals surface area contributed by atoms with E-state index < -0.39 is 13.9 Å². The summed E-state index contributed by atoms with van der Waals surface area (Å²) in [6.07, 6.45) is 0.775. The summed E-state index contributed by atoms with van der Waals surface area (Å²) in [5.74, 6) is 0.900. The van der Waals surface area contributed by atoms with Crippen LogP contribution in [0.1, 0.15) is 44.5 Å². The SMILES string of the molecule is O=C(NCCc1ccc(OCc2ccccc2)cc1)C(Cc1ccc(OP(=O)(OCc2ccccc2)OCc2ccccc2)c(OCc2ccccc2)c1)NC(=S)OCc1ccccc1.O=COCc1ccccc1. The number of rotatable bonds is 26. The van der Waals surface area contributed by atoms with Crippen molar-refractivity contribution in [3.63, 3.8) is 0 Å². The zero-order valence-electron chi connectivity index (χ0n) is 41.3. The molecule has 1 amide bonds. The standard InChI is InChI=1S/C53H51N2O8PS.C8H8O2/c56-52(54-33-32-41-26-29-48(30-27-41)58-36-42-16-6-1-7-17-42)49(55-53(65)60-38-44-20-10-3-11-21-44)34-47-28-31-50(51(35-47)59-37-43-18-8-2-9-19-43)63-64(57,61-39-45-22-12-4-13-23-45)62-40-46-24-14-5-15-25-46;9-7-10-6-8-4-2-1-3-5-8/h1-31,35,49H,32-34,36-40H2,(H,54,56)(H,55,65);1-5,7H,6H2. The van der Waals surface area contributed by atoms with Crippen LogP contribution in [0, 0.1) is 0 Å². The Balaban J connectivity index is 0.000000734. The molecule has 0 saturated carbocycles. The van der Waals surface area contributed by atoms with Gasteiger partial charge in [0, 0.05) is 13.0 Å². The minimum Gasteiger partial charge on any atom is -0.489 e. The molecule has 0 spiro atoms. The molecule has 0 aliphatic rings. The Kier molecular flexibility index (Phi) is 22.0. The van der Waals surface area contributed by atoms with E-state index in [4.69, 9.17) is 40.0 Å². The molecule has 1 atom stereocenters. The molecule has 0 heterocycles. The number of hydrogen-bond donors (Lipinski definition) is 2. The van der Waals surface area contributed by atoms with Gasteiger partial charge in [-0.05, 0) is 87.4 Å². The van der Waals surface area contributed by atoms with Crippen LogP contribution in [0.5, 0.6) is 17.2 Å². The van der Waals surface area contributed by atoms with E-state index in [1.165, 1.54) is 0 Å². The summed E-state index contributed by atoms with van der Waals surface area (Å²) < 4.78 is 55.3. The van der Waals surface area contributed by atoms with Gasteiger partial charge in [-0.3, -0.25) is 18.6 Å². The van der Waals surface area contributed by atoms with Crippen molar-refractivity contribution >= 4 is 37.6 Å². The summed E-state index contributed by atoms with van der Waals surface area (Å²) in [4.78, 5) is 23.8. The van der Waals surface area contributed by atoms with Crippen molar-refractivity contribution in [3.05, 3.63) is 269 Å². The van der Waals surface area contributed by atoms with E-state index in [0.717, 1.165) is 44.7 Å². The largest absolute Gasteiger partial charge is 0.530 e. The topological polar surface area (TPSA) is 140 Å². The molecule has 12 nitrogen and oxygen atoms in total. The highest BCUT2D eigenvalue weighted by Crippen LogP contribution is 2.53. The van der Waals surface area contributed by atoms with Gasteiger partial charge in [0.25, 0.3) is 11.6 Å². The van der Waals surface area contributed by atoms with Crippen molar-refractivity contribution < 1.29 is 46.7 Å². The van der Waals surface area contributed by atoms with Gasteiger partial charge in [0.15, 0.2) is 11.5 Å². The number of hydrogen-bond acceptors (Lipinski definition) is 11. The van der Waals surface area contributed by atoms with E-state index in [1.807, 2.05) is 206 Å². The molecular formula is C61H59N2O10PS. The van der Waals surface area contributed by atoms with E-state index in [1.54, 1.807) is 18.2 Å². The van der Waals surface area contributed by atoms with E-state index >= 15 is 0 Å². The maximum Gasteiger partial charge on any atom is 0.530 e. The summed E-state index contributed by atoms with van der Waals surface area (Å²) in [6, 6.07) is 69.8. The lowest BCUT2D eigenvalue weighted by Crippen LogP contribution is -2.48. The Morgan fingerprint density at radius 2 is 0.933 bits per heavy atom. The van der Waals surface area contributed by atoms with Crippen molar-refractivity contribution in [1.29, 1.82) is 0 Å². The van der Waals surface area contributed by atoms with Gasteiger partial charge in [-0.1, -0.05) is 200 Å². The predicted octanol–water partition coefficient (Wildman–Crippen LogP) is 12.5. The third kappa shape index (κ3) is 19.7. The second kappa shape index (κ2) is 30.2. The second-order valence-electron chi connectivity index (χ2n) is 16.9. The number of amides is 1. The lowest BCUT2D eigenvalue weighted by molar-refractivity contribution is -0.129. The van der Waals surface area contributed by atoms with Crippen molar-refractivity contribution in [2.45, 2.75) is 58.5 Å². The third-order valence-corrected chi connectivity index (χ3v) is 12.8. The van der Waals surface area contributed by atoms with Gasteiger partial charge in [-0.2, -0.15) is 0 Å². The number of benzene rings is 8. The Morgan fingerprint density at radius 3 is 1.43 bits per heavy atom. The average Bonchev–Trinajstić information content (AvgIpc) is 3.46. The maximum atomic E-state index is 14.5. The molecule has 75 heavy (non-hydrogen) atoms. The van der Waals surface area contributed by atoms with Crippen molar-refractivity contribution in [3.8, 4) is 17.2 Å². The van der Waals surface area contributed by atoms with E-state index in [0.29, 0.717) is 38.2 Å². The van der Waals surface area contributed by atoms with E-state index in [2.05, 4.69) is 15.4 Å². The van der Waals surface area contributed by atoms with Gasteiger partial charge < -0.3 is 34.1 Å². The molecule has 1 unspecified atom stereocenters. The summed E-state index contributed by atoms with van der Waals surface area (Å²) in [5, 5.41) is 6.29. The van der Waals surface area contributed by atoms with Crippen molar-refractivity contribution in [2.75, 3.05) is 6.54 Å². The first-order valence-electron chi connectivity index (χ1n) is 24.3. The molecule has 0 saturated heterocycles. The smallest absolute Gasteiger partial charge is 0.489 e. The summed E-state index contributed by atoms with van der Waals surface area (Å²) in [6.45, 7) is 2.04. The second-order valence-corrected chi connectivity index (χ2v) is 18.9. The molecule has 0 aromatic heterocycles. The Hall–Kier alpha value is -8.06. The fourth-order valence-corrected chi connectivity index (χ4v) is 8.66. The van der Waals surface area contributed by atoms with Crippen molar-refractivity contribution in [1.82, 2.24) is 10.6 Å². The maximum absolute atomic E-state index is 14.5. The molecule has 14 heteroatoms. The van der Waals surface area contributed by atoms with Crippen LogP contribution in [0.15, 0.2) is 224 Å². The molecule has 2 N–H and O–H groups in total. The Morgan fingerprint density at radius 1 is 0.493 bits per heavy atom. The Labute approximate surface area is 444 Å². The Bertz CT molecular complexity index is 2930. The van der Waals surface area contributed by atoms with Gasteiger partial charge in [0.2, 0.25) is 5.91 Å². The van der Waals surface area contributed by atoms with Crippen LogP contribution in [0.25, 0.3) is 0 Å². The predicted molar refractivity (Wildman–Crippen MR) is 294 cm³/mol. The highest BCUT2D eigenvalue weighted by molar-refractivity contribution is 7.80. The first kappa shape index (κ1) is 54.7. The highest BCUT2D eigenvalue weighted by Gasteiger charge is 2.31. The van der Waals surface area contributed by atoms with Crippen LogP contribution >= 0.6 is 20.0 Å². The van der Waals surface area contributed by atoms with E-state index in [9.17, 15) is 14.2 Å². The fourth-order valence-electron chi connectivity index (χ4n) is 7.27. The molecule has 0 radical (unpaired) electrons. The first-order chi connectivity index (χ1) is 36.8. The van der Waals surface area contributed by atoms with Gasteiger partial charge in [0.05, 0.1) is 13.2 Å². The minimum absolute atomic E-state index is 0.0195. The lowest BCUT2D eigenvalue weighted by Gasteiger charge is -2.22. The number of carbonyl (C=O) groups excluding carboxylic acids is 2. The summed E-state index contributed by atoms with van der Waals surface area (Å²) >= 11 is 5.61. The first-order valence-corrected chi connectivity index (χ1v) is 26.2. The number of carbonyl (C=O) groups is 2. The normalized spacial score (nSPS) is 11.1. The summed E-state index contributed by atoms with van der Waals surface area (Å²) in [5.41, 5.74) is 7.26. The highest BCUT2D eigenvalue weighted by atomic mass is 32.1. The molecule has 0 aliphatic heterocycles. The molecular weight excluding hydrogens is 984 g/mol. The number of nitrogens with one attached hydrogen (secondary N) is 2. The van der Waals surface area contributed by atoms with Crippen LogP contribution in [0.4, 0.5) is 0 Å². The quantitative estimate of drug-likeness (QED) is 0.0303. The molecule has 8 aromatic carbocycles. The number of phosphoric ester groups is 1. The molecule has 0 aliphatic carbocycles. The van der Waals surface area contributed by atoms with Crippen molar-refractivity contribution in [2.24, 2.45) is 0 Å². The zero-order chi connectivity index (χ0) is 52.2. The van der Waals surface area contributed by atoms with Gasteiger partial charge in [-0.15, -0.1) is 0 Å². The molecule has 0 bridgehead atoms. The van der Waals surface area contributed by atoms with Crippen LogP contribution in [-0.4, -0.2) is 30.1 Å². The number of thiocarbonyl (C=S) groups is 1. The number of phosphoric acid groups is 1. The zero-order valence-corrected chi connectivity index (χ0v) is 43.0. The van der Waals surface area contributed by atoms with Crippen LogP contribution in [0.2, 0.25) is 0 Å². The van der Waals surface area contributed by atoms with Crippen LogP contribution in [0.3, 0.4) is 0 Å². The average molecular weight is 1040 g/mol. The molecule has 384 valence electrons. The minimum atomic E-state index is -4.26.